The molecule has 1 fully saturated rings. The van der Waals surface area contributed by atoms with Crippen LogP contribution in [0.3, 0.4) is 0 Å². The average molecular weight is 395 g/mol. The van der Waals surface area contributed by atoms with E-state index in [0.717, 1.165) is 30.8 Å². The molecule has 140 valence electrons. The fraction of sp³-hybridized carbons (Fsp3) is 0.389. The summed E-state index contributed by atoms with van der Waals surface area (Å²) in [5, 5.41) is 8.86. The molecule has 0 atom stereocenters. The van der Waals surface area contributed by atoms with E-state index in [4.69, 9.17) is 5.11 Å². The minimum atomic E-state index is -3.56. The predicted molar refractivity (Wildman–Crippen MR) is 101 cm³/mol. The fourth-order valence-corrected chi connectivity index (χ4v) is 6.03. The van der Waals surface area contributed by atoms with Crippen molar-refractivity contribution in [3.05, 3.63) is 52.9 Å². The second-order valence-electron chi connectivity index (χ2n) is 6.31. The van der Waals surface area contributed by atoms with E-state index in [9.17, 15) is 13.2 Å². The smallest absolute Gasteiger partial charge is 0.308 e. The van der Waals surface area contributed by atoms with Gasteiger partial charge in [-0.3, -0.25) is 9.69 Å². The number of carbonyl (C=O) groups is 1. The Kier molecular flexibility index (Phi) is 6.08. The molecule has 1 N–H and O–H groups in total. The van der Waals surface area contributed by atoms with Crippen molar-refractivity contribution in [3.63, 3.8) is 0 Å². The highest BCUT2D eigenvalue weighted by Crippen LogP contribution is 2.26. The van der Waals surface area contributed by atoms with E-state index in [0.29, 0.717) is 24.5 Å². The fourth-order valence-electron chi connectivity index (χ4n) is 3.06. The Hall–Kier alpha value is -1.74. The van der Waals surface area contributed by atoms with Crippen LogP contribution in [-0.4, -0.2) is 54.9 Å². The van der Waals surface area contributed by atoms with Gasteiger partial charge in [0.2, 0.25) is 0 Å². The summed E-state index contributed by atoms with van der Waals surface area (Å²) in [5.74, 6) is -0.956. The van der Waals surface area contributed by atoms with E-state index in [1.165, 1.54) is 15.9 Å². The summed E-state index contributed by atoms with van der Waals surface area (Å²) >= 11 is 1.05. The van der Waals surface area contributed by atoms with Crippen LogP contribution in [0.1, 0.15) is 16.9 Å². The minimum Gasteiger partial charge on any atom is -0.481 e. The summed E-state index contributed by atoms with van der Waals surface area (Å²) in [6.45, 7) is 3.29. The zero-order valence-corrected chi connectivity index (χ0v) is 16.0. The lowest BCUT2D eigenvalue weighted by molar-refractivity contribution is -0.136. The third-order valence-electron chi connectivity index (χ3n) is 4.35. The first-order chi connectivity index (χ1) is 12.4. The first-order valence-electron chi connectivity index (χ1n) is 8.52. The molecule has 26 heavy (non-hydrogen) atoms. The molecule has 0 spiro atoms. The Morgan fingerprint density at radius 3 is 2.54 bits per heavy atom. The van der Waals surface area contributed by atoms with E-state index in [2.05, 4.69) is 17.0 Å². The Morgan fingerprint density at radius 1 is 1.04 bits per heavy atom. The van der Waals surface area contributed by atoms with Crippen molar-refractivity contribution in [2.75, 3.05) is 26.2 Å². The van der Waals surface area contributed by atoms with Crippen LogP contribution in [-0.2, 0) is 27.8 Å². The van der Waals surface area contributed by atoms with Crippen molar-refractivity contribution in [1.29, 1.82) is 0 Å². The molecular weight excluding hydrogens is 372 g/mol. The van der Waals surface area contributed by atoms with Gasteiger partial charge < -0.3 is 5.11 Å². The molecule has 8 heteroatoms. The number of aliphatic carboxylic acids is 1. The normalized spacial score (nSPS) is 17.1. The van der Waals surface area contributed by atoms with Crippen LogP contribution >= 0.6 is 11.3 Å². The molecule has 0 unspecified atom stereocenters. The molecule has 0 saturated carbocycles. The molecule has 3 rings (SSSR count). The van der Waals surface area contributed by atoms with E-state index in [1.54, 1.807) is 6.07 Å². The van der Waals surface area contributed by atoms with Crippen molar-refractivity contribution < 1.29 is 18.3 Å². The average Bonchev–Trinajstić information content (AvgIpc) is 2.94. The van der Waals surface area contributed by atoms with Gasteiger partial charge in [-0.15, -0.1) is 11.3 Å². The zero-order valence-electron chi connectivity index (χ0n) is 14.4. The van der Waals surface area contributed by atoms with Gasteiger partial charge in [0.25, 0.3) is 10.0 Å². The molecule has 0 aliphatic carbocycles. The van der Waals surface area contributed by atoms with Gasteiger partial charge in [0.15, 0.2) is 0 Å². The summed E-state index contributed by atoms with van der Waals surface area (Å²) in [5.41, 5.74) is 1.22. The van der Waals surface area contributed by atoms with Gasteiger partial charge in [0.1, 0.15) is 4.21 Å². The topological polar surface area (TPSA) is 77.9 Å². The number of hydrogen-bond donors (Lipinski definition) is 1. The number of carboxylic acid groups (broad SMARTS) is 1. The van der Waals surface area contributed by atoms with Crippen molar-refractivity contribution in [2.45, 2.75) is 23.6 Å². The van der Waals surface area contributed by atoms with Crippen molar-refractivity contribution >= 4 is 27.3 Å². The number of rotatable bonds is 6. The maximum atomic E-state index is 12.9. The molecule has 1 aromatic heterocycles. The predicted octanol–water partition coefficient (Wildman–Crippen LogP) is 2.27. The summed E-state index contributed by atoms with van der Waals surface area (Å²) in [6.07, 6.45) is 0.629. The Bertz CT molecular complexity index is 849. The van der Waals surface area contributed by atoms with Crippen LogP contribution in [0.25, 0.3) is 0 Å². The minimum absolute atomic E-state index is 0.148. The molecule has 0 radical (unpaired) electrons. The number of sulfonamides is 1. The van der Waals surface area contributed by atoms with E-state index in [1.807, 2.05) is 18.2 Å². The highest BCUT2D eigenvalue weighted by molar-refractivity contribution is 7.91. The summed E-state index contributed by atoms with van der Waals surface area (Å²) < 4.78 is 27.5. The highest BCUT2D eigenvalue weighted by atomic mass is 32.2. The molecule has 1 aliphatic rings. The number of benzene rings is 1. The van der Waals surface area contributed by atoms with Crippen LogP contribution < -0.4 is 0 Å². The van der Waals surface area contributed by atoms with Gasteiger partial charge in [0, 0.05) is 31.1 Å². The Morgan fingerprint density at radius 2 is 1.81 bits per heavy atom. The van der Waals surface area contributed by atoms with Crippen LogP contribution in [0.4, 0.5) is 0 Å². The van der Waals surface area contributed by atoms with Crippen LogP contribution in [0.15, 0.2) is 46.7 Å². The zero-order chi connectivity index (χ0) is 18.6. The van der Waals surface area contributed by atoms with Crippen molar-refractivity contribution in [3.8, 4) is 0 Å². The molecule has 2 heterocycles. The first-order valence-corrected chi connectivity index (χ1v) is 10.8. The third-order valence-corrected chi connectivity index (χ3v) is 7.80. The van der Waals surface area contributed by atoms with Crippen molar-refractivity contribution in [1.82, 2.24) is 9.21 Å². The van der Waals surface area contributed by atoms with Crippen molar-refractivity contribution in [2.24, 2.45) is 0 Å². The van der Waals surface area contributed by atoms with E-state index >= 15 is 0 Å². The summed E-state index contributed by atoms with van der Waals surface area (Å²) in [4.78, 5) is 13.6. The third kappa shape index (κ3) is 4.70. The van der Waals surface area contributed by atoms with Gasteiger partial charge in [-0.1, -0.05) is 30.3 Å². The number of thiophene rings is 1. The van der Waals surface area contributed by atoms with Crippen LogP contribution in [0, 0.1) is 0 Å². The number of carboxylic acids is 1. The summed E-state index contributed by atoms with van der Waals surface area (Å²) in [7, 11) is -3.56. The van der Waals surface area contributed by atoms with Gasteiger partial charge >= 0.3 is 5.97 Å². The number of hydrogen-bond acceptors (Lipinski definition) is 5. The molecule has 0 bridgehead atoms. The molecule has 6 nitrogen and oxygen atoms in total. The van der Waals surface area contributed by atoms with Gasteiger partial charge in [-0.25, -0.2) is 8.42 Å². The van der Waals surface area contributed by atoms with E-state index in [-0.39, 0.29) is 10.6 Å². The molecule has 0 amide bonds. The molecule has 1 saturated heterocycles. The van der Waals surface area contributed by atoms with Crippen LogP contribution in [0.5, 0.6) is 0 Å². The standard InChI is InChI=1S/C18H22N2O4S2/c21-17(22)13-16-7-8-18(25-16)26(23,24)20-10-4-9-19(11-12-20)14-15-5-2-1-3-6-15/h1-3,5-8H,4,9-14H2,(H,21,22). The molecular formula is C18H22N2O4S2. The van der Waals surface area contributed by atoms with Gasteiger partial charge in [-0.05, 0) is 30.7 Å². The van der Waals surface area contributed by atoms with Gasteiger partial charge in [-0.2, -0.15) is 4.31 Å². The quantitative estimate of drug-likeness (QED) is 0.813. The molecule has 1 aromatic carbocycles. The second-order valence-corrected chi connectivity index (χ2v) is 9.64. The lowest BCUT2D eigenvalue weighted by atomic mass is 10.2. The monoisotopic (exact) mass is 394 g/mol. The van der Waals surface area contributed by atoms with E-state index < -0.39 is 16.0 Å². The maximum Gasteiger partial charge on any atom is 0.308 e. The Labute approximate surface area is 157 Å². The lowest BCUT2D eigenvalue weighted by Gasteiger charge is -2.21. The lowest BCUT2D eigenvalue weighted by Crippen LogP contribution is -2.34. The highest BCUT2D eigenvalue weighted by Gasteiger charge is 2.28. The second kappa shape index (κ2) is 8.30. The molecule has 2 aromatic rings. The first kappa shape index (κ1) is 19.0. The molecule has 1 aliphatic heterocycles. The van der Waals surface area contributed by atoms with Gasteiger partial charge in [0.05, 0.1) is 6.42 Å². The largest absolute Gasteiger partial charge is 0.481 e. The maximum absolute atomic E-state index is 12.9. The van der Waals surface area contributed by atoms with Crippen LogP contribution in [0.2, 0.25) is 0 Å². The number of nitrogens with zero attached hydrogens (tertiary/aromatic N) is 2. The Balaban J connectivity index is 1.65. The SMILES string of the molecule is O=C(O)Cc1ccc(S(=O)(=O)N2CCCN(Cc3ccccc3)CC2)s1. The summed E-state index contributed by atoms with van der Waals surface area (Å²) in [6, 6.07) is 13.3.